The van der Waals surface area contributed by atoms with Crippen molar-refractivity contribution >= 4 is 35.8 Å². The lowest BCUT2D eigenvalue weighted by Gasteiger charge is -2.11. The van der Waals surface area contributed by atoms with Gasteiger partial charge in [-0.25, -0.2) is 9.59 Å². The highest BCUT2D eigenvalue weighted by Crippen LogP contribution is 2.11. The molecule has 0 N–H and O–H groups in total. The van der Waals surface area contributed by atoms with Gasteiger partial charge >= 0.3 is 17.9 Å². The lowest BCUT2D eigenvalue weighted by molar-refractivity contribution is -0.139. The summed E-state index contributed by atoms with van der Waals surface area (Å²) in [6.45, 7) is 37.7. The number of unbranched alkanes of at least 4 members (excludes halogenated alkanes) is 1. The Labute approximate surface area is 426 Å². The van der Waals surface area contributed by atoms with Gasteiger partial charge in [0.05, 0.1) is 99.5 Å². The van der Waals surface area contributed by atoms with E-state index in [0.717, 1.165) is 53.8 Å². The molecule has 1 aromatic carbocycles. The maximum Gasteiger partial charge on any atom is 0.332 e. The zero-order chi connectivity index (χ0) is 56.5. The minimum absolute atomic E-state index is 0.257. The number of imide groups is 1. The Balaban J connectivity index is -0.000000105. The molecule has 0 aliphatic carbocycles. The van der Waals surface area contributed by atoms with Crippen molar-refractivity contribution in [3.63, 3.8) is 0 Å². The molecule has 1 heterocycles. The fraction of sp³-hybridized carbons (Fsp3) is 0.415. The van der Waals surface area contributed by atoms with Crippen LogP contribution in [0.1, 0.15) is 38.7 Å². The molecule has 0 fully saturated rings. The molecule has 2 rings (SSSR count). The van der Waals surface area contributed by atoms with Gasteiger partial charge in [-0.3, -0.25) is 19.3 Å². The van der Waals surface area contributed by atoms with Gasteiger partial charge in [-0.2, -0.15) is 0 Å². The van der Waals surface area contributed by atoms with E-state index in [4.69, 9.17) is 18.9 Å². The lowest BCUT2D eigenvalue weighted by Crippen LogP contribution is -2.32. The summed E-state index contributed by atoms with van der Waals surface area (Å²) in [5.41, 5.74) is 1.54. The number of carbonyl (C=O) groups excluding carboxylic acids is 5. The van der Waals surface area contributed by atoms with Crippen LogP contribution < -0.4 is 4.74 Å². The van der Waals surface area contributed by atoms with Crippen LogP contribution in [0.25, 0.3) is 6.08 Å². The minimum Gasteiger partial charge on any atom is -0.505 e. The highest BCUT2D eigenvalue weighted by atomic mass is 16.5. The molecule has 0 unspecified atom stereocenters. The molecule has 2 amide bonds. The quantitative estimate of drug-likeness (QED) is 0.0191. The molecular formula is C53H87NO17. The number of rotatable bonds is 23. The van der Waals surface area contributed by atoms with Gasteiger partial charge in [-0.1, -0.05) is 76.4 Å². The van der Waals surface area contributed by atoms with E-state index < -0.39 is 5.97 Å². The molecule has 1 aliphatic rings. The predicted molar refractivity (Wildman–Crippen MR) is 283 cm³/mol. The Kier molecular flexibility index (Phi) is 82.5. The van der Waals surface area contributed by atoms with Crippen molar-refractivity contribution in [1.29, 1.82) is 0 Å². The number of benzene rings is 1. The average molecular weight is 1010 g/mol. The fourth-order valence-electron chi connectivity index (χ4n) is 2.87. The molecule has 18 nitrogen and oxygen atoms in total. The topological polar surface area (TPSA) is 199 Å². The number of ether oxygens (including phenoxy) is 12. The van der Waals surface area contributed by atoms with Crippen molar-refractivity contribution in [2.75, 3.05) is 117 Å². The Morgan fingerprint density at radius 3 is 1.38 bits per heavy atom. The first-order valence-corrected chi connectivity index (χ1v) is 21.1. The highest BCUT2D eigenvalue weighted by Gasteiger charge is 2.22. The van der Waals surface area contributed by atoms with E-state index in [1.54, 1.807) is 68.7 Å². The van der Waals surface area contributed by atoms with E-state index in [-0.39, 0.29) is 30.2 Å². The lowest BCUT2D eigenvalue weighted by atomic mass is 10.2. The fourth-order valence-corrected chi connectivity index (χ4v) is 2.87. The minimum atomic E-state index is -0.394. The van der Waals surface area contributed by atoms with E-state index in [9.17, 15) is 24.0 Å². The Bertz CT molecular complexity index is 1520. The molecule has 71 heavy (non-hydrogen) atoms. The van der Waals surface area contributed by atoms with Crippen LogP contribution in [0.2, 0.25) is 0 Å². The van der Waals surface area contributed by atoms with Crippen molar-refractivity contribution < 1.29 is 80.8 Å². The molecular weight excluding hydrogens is 923 g/mol. The van der Waals surface area contributed by atoms with E-state index >= 15 is 0 Å². The third kappa shape index (κ3) is 80.6. The molecule has 0 aromatic heterocycles. The maximum absolute atomic E-state index is 10.9. The van der Waals surface area contributed by atoms with Crippen LogP contribution in [-0.2, 0) is 76.1 Å². The maximum atomic E-state index is 10.9. The number of allylic oxidation sites excluding steroid dienone is 2. The van der Waals surface area contributed by atoms with Gasteiger partial charge in [0.1, 0.15) is 12.4 Å². The van der Waals surface area contributed by atoms with E-state index in [1.165, 1.54) is 53.1 Å². The summed E-state index contributed by atoms with van der Waals surface area (Å²) in [5, 5.41) is 0. The Morgan fingerprint density at radius 1 is 0.606 bits per heavy atom. The zero-order valence-corrected chi connectivity index (χ0v) is 44.8. The normalized spacial score (nSPS) is 9.21. The largest absolute Gasteiger partial charge is 0.505 e. The van der Waals surface area contributed by atoms with Crippen molar-refractivity contribution in [2.45, 2.75) is 33.1 Å². The number of hydrogen-bond acceptors (Lipinski definition) is 17. The number of nitrogens with zero attached hydrogens (tertiary/aromatic N) is 1. The summed E-state index contributed by atoms with van der Waals surface area (Å²) in [4.78, 5) is 53.3. The summed E-state index contributed by atoms with van der Waals surface area (Å²) in [5.74, 6) is 0.0663. The number of carbonyl (C=O) groups is 5. The second-order valence-electron chi connectivity index (χ2n) is 12.0. The van der Waals surface area contributed by atoms with Crippen molar-refractivity contribution in [2.24, 2.45) is 0 Å². The molecule has 0 radical (unpaired) electrons. The van der Waals surface area contributed by atoms with Gasteiger partial charge < -0.3 is 56.8 Å². The number of esters is 3. The molecule has 406 valence electrons. The van der Waals surface area contributed by atoms with Crippen LogP contribution in [-0.4, -0.2) is 152 Å². The smallest absolute Gasteiger partial charge is 0.332 e. The summed E-state index contributed by atoms with van der Waals surface area (Å²) < 4.78 is 54.7. The van der Waals surface area contributed by atoms with Crippen molar-refractivity contribution in [3.8, 4) is 5.75 Å². The monoisotopic (exact) mass is 1010 g/mol. The summed E-state index contributed by atoms with van der Waals surface area (Å²) in [6, 6.07) is 7.76. The summed E-state index contributed by atoms with van der Waals surface area (Å²) in [7, 11) is 15.5. The molecule has 0 atom stereocenters. The van der Waals surface area contributed by atoms with Gasteiger partial charge in [-0.05, 0) is 44.4 Å². The predicted octanol–water partition coefficient (Wildman–Crippen LogP) is 8.84. The van der Waals surface area contributed by atoms with E-state index in [2.05, 4.69) is 97.1 Å². The molecule has 1 aromatic rings. The second kappa shape index (κ2) is 72.2. The number of methoxy groups -OCH3 is 10. The molecule has 0 bridgehead atoms. The molecule has 0 saturated heterocycles. The molecule has 1 aliphatic heterocycles. The highest BCUT2D eigenvalue weighted by molar-refractivity contribution is 6.12. The first-order chi connectivity index (χ1) is 33.8. The standard InChI is InChI=1S/C9H10O.C7H9NO3.C6H10O3.C6H12O.C5H8O2.C5H10O2.C4H6O2.2C4H8O.C3H6O/c1-3-8-4-6-9(10-2)7-5-8;1-11-5-4-8-6(9)2-3-7(8)10;1-3-9-6(7)4-5-8-2;1-3-4-5-6-7-2;1-4(2)5(6)7-3;1-3-7-5-4-6-2;1-3-4(5)6-2;1-4(2)5-3;1-3-4-5-2;1-3-4-2/h3-7H,1H2,2H3;2-3H,4-5H2,1H3;3H,1,4-5H2,2H3;3H,1,4-6H2,2H3;1H2,2-3H3;3H,1,4-5H2,2H3;3H,1H2,2H3;1H2,2-3H3;3H,1,4H2,2H3;3H,1H2,2H3. The van der Waals surface area contributed by atoms with Crippen LogP contribution in [0.15, 0.2) is 144 Å². The number of hydrogen-bond donors (Lipinski definition) is 0. The third-order valence-corrected chi connectivity index (χ3v) is 6.48. The van der Waals surface area contributed by atoms with E-state index in [1.807, 2.05) is 30.3 Å². The Hall–Kier alpha value is -6.83. The van der Waals surface area contributed by atoms with Crippen LogP contribution in [0.3, 0.4) is 0 Å². The first-order valence-electron chi connectivity index (χ1n) is 21.1. The zero-order valence-electron chi connectivity index (χ0n) is 44.8. The van der Waals surface area contributed by atoms with Crippen molar-refractivity contribution in [3.05, 3.63) is 150 Å². The van der Waals surface area contributed by atoms with Gasteiger partial charge in [0.2, 0.25) is 0 Å². The molecule has 18 heteroatoms. The van der Waals surface area contributed by atoms with Crippen LogP contribution >= 0.6 is 0 Å². The van der Waals surface area contributed by atoms with Gasteiger partial charge in [0.15, 0.2) is 0 Å². The Morgan fingerprint density at radius 2 is 1.11 bits per heavy atom. The van der Waals surface area contributed by atoms with Crippen LogP contribution in [0.4, 0.5) is 0 Å². The first kappa shape index (κ1) is 81.2. The van der Waals surface area contributed by atoms with E-state index in [0.29, 0.717) is 45.2 Å². The van der Waals surface area contributed by atoms with Gasteiger partial charge in [0, 0.05) is 66.0 Å². The average Bonchev–Trinajstić information content (AvgIpc) is 3.71. The number of amides is 2. The molecule has 0 saturated carbocycles. The second-order valence-corrected chi connectivity index (χ2v) is 12.0. The summed E-state index contributed by atoms with van der Waals surface area (Å²) in [6.07, 6.45) is 15.4. The van der Waals surface area contributed by atoms with Gasteiger partial charge in [-0.15, -0.1) is 13.2 Å². The molecule has 0 spiro atoms. The third-order valence-electron chi connectivity index (χ3n) is 6.48. The SMILES string of the molecule is C=C(C)C(=O)OC.C=C(C)OC.C=CC(=O)OC.C=CCCCOC.C=CCOC.C=COC.C=COC(=O)CCOC.C=COCCOC.C=Cc1ccc(OC)cc1.COCCN1C(=O)C=CC1=O. The van der Waals surface area contributed by atoms with Gasteiger partial charge in [0.25, 0.3) is 11.8 Å². The summed E-state index contributed by atoms with van der Waals surface area (Å²) >= 11 is 0. The van der Waals surface area contributed by atoms with Crippen LogP contribution in [0.5, 0.6) is 5.75 Å². The van der Waals surface area contributed by atoms with Crippen molar-refractivity contribution in [1.82, 2.24) is 4.90 Å². The van der Waals surface area contributed by atoms with Crippen LogP contribution in [0, 0.1) is 0 Å².